The molecular formula is C27H26N4O2S. The first-order valence-corrected chi connectivity index (χ1v) is 12.5. The van der Waals surface area contributed by atoms with E-state index in [9.17, 15) is 0 Å². The number of unbranched alkanes of at least 4 members (excludes halogenated alkanes) is 1. The Hall–Kier alpha value is -3.58. The van der Waals surface area contributed by atoms with E-state index >= 15 is 0 Å². The van der Waals surface area contributed by atoms with E-state index in [2.05, 4.69) is 34.6 Å². The molecule has 0 spiro atoms. The highest BCUT2D eigenvalue weighted by Gasteiger charge is 2.27. The molecule has 172 valence electrons. The van der Waals surface area contributed by atoms with E-state index in [-0.39, 0.29) is 0 Å². The number of nitrogens with zero attached hydrogens (tertiary/aromatic N) is 3. The van der Waals surface area contributed by atoms with Gasteiger partial charge in [-0.1, -0.05) is 85.8 Å². The molecule has 0 unspecified atom stereocenters. The summed E-state index contributed by atoms with van der Waals surface area (Å²) >= 11 is 1.60. The maximum atomic E-state index is 6.45. The molecule has 1 aromatic heterocycles. The molecule has 5 rings (SSSR count). The molecule has 3 aromatic carbocycles. The number of aromatic nitrogens is 3. The minimum Gasteiger partial charge on any atom is -0.488 e. The molecule has 0 saturated carbocycles. The predicted molar refractivity (Wildman–Crippen MR) is 135 cm³/mol. The largest absolute Gasteiger partial charge is 0.488 e. The van der Waals surface area contributed by atoms with Crippen molar-refractivity contribution in [2.45, 2.75) is 37.8 Å². The van der Waals surface area contributed by atoms with Gasteiger partial charge in [-0.15, -0.1) is 10.2 Å². The van der Waals surface area contributed by atoms with Crippen molar-refractivity contribution in [3.8, 4) is 22.9 Å². The average Bonchev–Trinajstić information content (AvgIpc) is 3.05. The van der Waals surface area contributed by atoms with Gasteiger partial charge >= 0.3 is 0 Å². The summed E-state index contributed by atoms with van der Waals surface area (Å²) in [6, 6.07) is 26.0. The summed E-state index contributed by atoms with van der Waals surface area (Å²) < 4.78 is 12.7. The minimum absolute atomic E-state index is 0.467. The molecule has 0 bridgehead atoms. The van der Waals surface area contributed by atoms with Gasteiger partial charge in [0.2, 0.25) is 17.3 Å². The van der Waals surface area contributed by atoms with E-state index in [1.807, 2.05) is 66.7 Å². The standard InChI is InChI=1S/C27H26N4O2S/c1-2-3-17-34-27-29-26-24(30-31-27)20-13-7-9-15-22(20)28-25(33-26)21-14-8-10-16-23(21)32-18-19-11-5-4-6-12-19/h4-16,25,28H,2-3,17-18H2,1H3/t25-/m1/s1. The van der Waals surface area contributed by atoms with Gasteiger partial charge in [0.25, 0.3) is 0 Å². The third-order valence-corrected chi connectivity index (χ3v) is 6.43. The summed E-state index contributed by atoms with van der Waals surface area (Å²) in [5.41, 5.74) is 4.45. The Morgan fingerprint density at radius 1 is 0.941 bits per heavy atom. The fraction of sp³-hybridized carbons (Fsp3) is 0.222. The molecule has 34 heavy (non-hydrogen) atoms. The van der Waals surface area contributed by atoms with E-state index in [1.165, 1.54) is 0 Å². The van der Waals surface area contributed by atoms with Crippen LogP contribution >= 0.6 is 11.8 Å². The predicted octanol–water partition coefficient (Wildman–Crippen LogP) is 6.51. The maximum Gasteiger partial charge on any atom is 0.247 e. The lowest BCUT2D eigenvalue weighted by atomic mass is 10.1. The van der Waals surface area contributed by atoms with Gasteiger partial charge in [0.15, 0.2) is 5.69 Å². The summed E-state index contributed by atoms with van der Waals surface area (Å²) in [4.78, 5) is 4.73. The quantitative estimate of drug-likeness (QED) is 0.232. The summed E-state index contributed by atoms with van der Waals surface area (Å²) in [6.07, 6.45) is 1.73. The molecule has 1 atom stereocenters. The van der Waals surface area contributed by atoms with E-state index in [0.717, 1.165) is 46.7 Å². The molecule has 0 radical (unpaired) electrons. The Balaban J connectivity index is 1.48. The summed E-state index contributed by atoms with van der Waals surface area (Å²) in [7, 11) is 0. The van der Waals surface area contributed by atoms with Gasteiger partial charge < -0.3 is 14.8 Å². The first-order valence-electron chi connectivity index (χ1n) is 11.5. The summed E-state index contributed by atoms with van der Waals surface area (Å²) in [5, 5.41) is 13.0. The van der Waals surface area contributed by atoms with Crippen LogP contribution in [-0.2, 0) is 6.61 Å². The van der Waals surface area contributed by atoms with Gasteiger partial charge in [-0.05, 0) is 30.2 Å². The zero-order chi connectivity index (χ0) is 23.2. The van der Waals surface area contributed by atoms with Crippen LogP contribution in [0.25, 0.3) is 11.3 Å². The maximum absolute atomic E-state index is 6.45. The van der Waals surface area contributed by atoms with E-state index in [1.54, 1.807) is 11.8 Å². The number of hydrogen-bond donors (Lipinski definition) is 1. The summed E-state index contributed by atoms with van der Waals surface area (Å²) in [6.45, 7) is 2.64. The number of ether oxygens (including phenoxy) is 2. The van der Waals surface area contributed by atoms with Gasteiger partial charge in [-0.3, -0.25) is 0 Å². The molecule has 0 amide bonds. The van der Waals surface area contributed by atoms with Crippen molar-refractivity contribution in [1.82, 2.24) is 15.2 Å². The van der Waals surface area contributed by atoms with Crippen molar-refractivity contribution in [2.75, 3.05) is 11.1 Å². The molecule has 1 N–H and O–H groups in total. The van der Waals surface area contributed by atoms with E-state index in [4.69, 9.17) is 14.5 Å². The van der Waals surface area contributed by atoms with Crippen molar-refractivity contribution in [2.24, 2.45) is 0 Å². The molecule has 6 nitrogen and oxygen atoms in total. The summed E-state index contributed by atoms with van der Waals surface area (Å²) in [5.74, 6) is 2.17. The zero-order valence-electron chi connectivity index (χ0n) is 19.0. The van der Waals surface area contributed by atoms with Crippen LogP contribution in [0.1, 0.15) is 37.1 Å². The highest BCUT2D eigenvalue weighted by atomic mass is 32.2. The van der Waals surface area contributed by atoms with E-state index in [0.29, 0.717) is 23.3 Å². The van der Waals surface area contributed by atoms with E-state index < -0.39 is 6.23 Å². The van der Waals surface area contributed by atoms with Crippen LogP contribution in [0.3, 0.4) is 0 Å². The number of nitrogens with one attached hydrogen (secondary N) is 1. The van der Waals surface area contributed by atoms with Crippen LogP contribution in [0.4, 0.5) is 5.69 Å². The monoisotopic (exact) mass is 470 g/mol. The molecule has 7 heteroatoms. The number of fused-ring (bicyclic) bond motifs is 3. The topological polar surface area (TPSA) is 69.2 Å². The number of benzene rings is 3. The van der Waals surface area contributed by atoms with Crippen LogP contribution in [0.15, 0.2) is 84.0 Å². The second kappa shape index (κ2) is 10.6. The van der Waals surface area contributed by atoms with Crippen LogP contribution in [-0.4, -0.2) is 20.9 Å². The third kappa shape index (κ3) is 4.99. The molecule has 0 saturated heterocycles. The van der Waals surface area contributed by atoms with Crippen LogP contribution in [0.5, 0.6) is 11.6 Å². The molecule has 4 aromatic rings. The van der Waals surface area contributed by atoms with Crippen molar-refractivity contribution in [3.63, 3.8) is 0 Å². The van der Waals surface area contributed by atoms with Gasteiger partial charge in [0.05, 0.1) is 5.56 Å². The van der Waals surface area contributed by atoms with Crippen molar-refractivity contribution in [1.29, 1.82) is 0 Å². The molecular weight excluding hydrogens is 444 g/mol. The molecule has 0 aliphatic carbocycles. The number of rotatable bonds is 8. The van der Waals surface area contributed by atoms with Gasteiger partial charge in [0, 0.05) is 17.0 Å². The Kier molecular flexibility index (Phi) is 6.91. The number of thioether (sulfide) groups is 1. The number of hydrogen-bond acceptors (Lipinski definition) is 7. The fourth-order valence-electron chi connectivity index (χ4n) is 3.72. The highest BCUT2D eigenvalue weighted by molar-refractivity contribution is 7.99. The Morgan fingerprint density at radius 3 is 2.62 bits per heavy atom. The Labute approximate surface area is 203 Å². The lowest BCUT2D eigenvalue weighted by molar-refractivity contribution is 0.214. The van der Waals surface area contributed by atoms with Crippen LogP contribution in [0.2, 0.25) is 0 Å². The third-order valence-electron chi connectivity index (χ3n) is 5.50. The number of anilines is 1. The smallest absolute Gasteiger partial charge is 0.247 e. The lowest BCUT2D eigenvalue weighted by Gasteiger charge is -2.22. The Morgan fingerprint density at radius 2 is 1.74 bits per heavy atom. The first kappa shape index (κ1) is 22.2. The van der Waals surface area contributed by atoms with Gasteiger partial charge in [-0.2, -0.15) is 4.98 Å². The SMILES string of the molecule is CCCCSc1nnc2c(n1)O[C@H](c1ccccc1OCc1ccccc1)Nc1ccccc1-2. The lowest BCUT2D eigenvalue weighted by Crippen LogP contribution is -2.18. The van der Waals surface area contributed by atoms with Gasteiger partial charge in [-0.25, -0.2) is 0 Å². The van der Waals surface area contributed by atoms with Crippen molar-refractivity contribution >= 4 is 17.4 Å². The minimum atomic E-state index is -0.500. The van der Waals surface area contributed by atoms with Crippen molar-refractivity contribution in [3.05, 3.63) is 90.0 Å². The zero-order valence-corrected chi connectivity index (χ0v) is 19.8. The average molecular weight is 471 g/mol. The van der Waals surface area contributed by atoms with Crippen LogP contribution < -0.4 is 14.8 Å². The fourth-order valence-corrected chi connectivity index (χ4v) is 4.58. The molecule has 1 aliphatic heterocycles. The van der Waals surface area contributed by atoms with Crippen LogP contribution in [0, 0.1) is 0 Å². The normalized spacial score (nSPS) is 14.2. The highest BCUT2D eigenvalue weighted by Crippen LogP contribution is 2.41. The Bertz CT molecular complexity index is 1250. The van der Waals surface area contributed by atoms with Gasteiger partial charge in [0.1, 0.15) is 12.4 Å². The molecule has 2 heterocycles. The molecule has 1 aliphatic rings. The number of para-hydroxylation sites is 2. The second-order valence-electron chi connectivity index (χ2n) is 7.95. The van der Waals surface area contributed by atoms with Crippen molar-refractivity contribution < 1.29 is 9.47 Å². The first-order chi connectivity index (χ1) is 16.8. The second-order valence-corrected chi connectivity index (χ2v) is 9.01. The molecule has 0 fully saturated rings.